The highest BCUT2D eigenvalue weighted by Gasteiger charge is 1.99. The molecule has 1 rings (SSSR count). The summed E-state index contributed by atoms with van der Waals surface area (Å²) in [6.45, 7) is 3.87. The first-order valence-corrected chi connectivity index (χ1v) is 4.76. The molecule has 0 fully saturated rings. The van der Waals surface area contributed by atoms with Crippen LogP contribution in [0.1, 0.15) is 18.7 Å². The van der Waals surface area contributed by atoms with Crippen molar-refractivity contribution in [2.24, 2.45) is 0 Å². The highest BCUT2D eigenvalue weighted by molar-refractivity contribution is 7.10. The highest BCUT2D eigenvalue weighted by Crippen LogP contribution is 2.09. The van der Waals surface area contributed by atoms with Crippen molar-refractivity contribution in [2.75, 3.05) is 0 Å². The first-order chi connectivity index (χ1) is 5.68. The predicted molar refractivity (Wildman–Crippen MR) is 52.5 cm³/mol. The first-order valence-electron chi connectivity index (χ1n) is 3.88. The highest BCUT2D eigenvalue weighted by atomic mass is 32.1. The lowest BCUT2D eigenvalue weighted by Crippen LogP contribution is -1.96. The Morgan fingerprint density at radius 2 is 2.33 bits per heavy atom. The molecule has 0 aromatic carbocycles. The Kier molecular flexibility index (Phi) is 3.23. The SMILES string of the molecule is CC(C)=CC(=O)Cc1cccs1. The van der Waals surface area contributed by atoms with Crippen molar-refractivity contribution < 1.29 is 4.79 Å². The second-order valence-electron chi connectivity index (χ2n) is 2.94. The van der Waals surface area contributed by atoms with Gasteiger partial charge in [0.15, 0.2) is 5.78 Å². The minimum Gasteiger partial charge on any atom is -0.294 e. The molecule has 0 spiro atoms. The van der Waals surface area contributed by atoms with Crippen LogP contribution in [0.4, 0.5) is 0 Å². The maximum atomic E-state index is 11.3. The molecule has 1 aromatic heterocycles. The summed E-state index contributed by atoms with van der Waals surface area (Å²) in [7, 11) is 0. The molecule has 0 amide bonds. The van der Waals surface area contributed by atoms with Crippen LogP contribution in [-0.2, 0) is 11.2 Å². The summed E-state index contributed by atoms with van der Waals surface area (Å²) in [6.07, 6.45) is 2.24. The van der Waals surface area contributed by atoms with Crippen LogP contribution in [0.15, 0.2) is 29.2 Å². The number of carbonyl (C=O) groups excluding carboxylic acids is 1. The third kappa shape index (κ3) is 3.01. The van der Waals surface area contributed by atoms with Gasteiger partial charge in [0.2, 0.25) is 0 Å². The molecule has 0 aliphatic heterocycles. The van der Waals surface area contributed by atoms with Crippen LogP contribution in [0, 0.1) is 0 Å². The van der Waals surface area contributed by atoms with E-state index < -0.39 is 0 Å². The molecular formula is C10H12OS. The van der Waals surface area contributed by atoms with Gasteiger partial charge in [0.05, 0.1) is 0 Å². The van der Waals surface area contributed by atoms with E-state index >= 15 is 0 Å². The van der Waals surface area contributed by atoms with E-state index in [0.717, 1.165) is 10.5 Å². The lowest BCUT2D eigenvalue weighted by atomic mass is 10.2. The predicted octanol–water partition coefficient (Wildman–Crippen LogP) is 2.83. The summed E-state index contributed by atoms with van der Waals surface area (Å²) in [5.74, 6) is 0.192. The largest absolute Gasteiger partial charge is 0.294 e. The summed E-state index contributed by atoms with van der Waals surface area (Å²) in [6, 6.07) is 3.96. The zero-order valence-corrected chi connectivity index (χ0v) is 8.15. The number of carbonyl (C=O) groups is 1. The number of rotatable bonds is 3. The van der Waals surface area contributed by atoms with E-state index in [2.05, 4.69) is 0 Å². The standard InChI is InChI=1S/C10H12OS/c1-8(2)6-9(11)7-10-4-3-5-12-10/h3-6H,7H2,1-2H3. The minimum absolute atomic E-state index is 0.192. The molecule has 64 valence electrons. The van der Waals surface area contributed by atoms with E-state index in [9.17, 15) is 4.79 Å². The molecule has 0 radical (unpaired) electrons. The van der Waals surface area contributed by atoms with Gasteiger partial charge in [0, 0.05) is 11.3 Å². The number of thiophene rings is 1. The maximum Gasteiger partial charge on any atom is 0.160 e. The monoisotopic (exact) mass is 180 g/mol. The third-order valence-corrected chi connectivity index (χ3v) is 2.25. The molecule has 0 atom stereocenters. The van der Waals surface area contributed by atoms with E-state index in [1.165, 1.54) is 0 Å². The summed E-state index contributed by atoms with van der Waals surface area (Å²) < 4.78 is 0. The molecule has 0 aliphatic rings. The average molecular weight is 180 g/mol. The topological polar surface area (TPSA) is 17.1 Å². The Hall–Kier alpha value is -0.890. The van der Waals surface area contributed by atoms with Crippen LogP contribution in [-0.4, -0.2) is 5.78 Å². The summed E-state index contributed by atoms with van der Waals surface area (Å²) in [5.41, 5.74) is 1.07. The zero-order chi connectivity index (χ0) is 8.97. The lowest BCUT2D eigenvalue weighted by molar-refractivity contribution is -0.114. The Bertz CT molecular complexity index is 279. The van der Waals surface area contributed by atoms with E-state index in [1.807, 2.05) is 31.4 Å². The smallest absolute Gasteiger partial charge is 0.160 e. The van der Waals surface area contributed by atoms with Crippen molar-refractivity contribution in [3.8, 4) is 0 Å². The number of allylic oxidation sites excluding steroid dienone is 2. The van der Waals surface area contributed by atoms with Crippen LogP contribution in [0.25, 0.3) is 0 Å². The van der Waals surface area contributed by atoms with Gasteiger partial charge in [-0.25, -0.2) is 0 Å². The van der Waals surface area contributed by atoms with E-state index in [0.29, 0.717) is 6.42 Å². The molecule has 1 nitrogen and oxygen atoms in total. The Morgan fingerprint density at radius 3 is 2.83 bits per heavy atom. The van der Waals surface area contributed by atoms with Gasteiger partial charge in [-0.1, -0.05) is 11.6 Å². The second kappa shape index (κ2) is 4.21. The van der Waals surface area contributed by atoms with Crippen molar-refractivity contribution >= 4 is 17.1 Å². The van der Waals surface area contributed by atoms with Crippen molar-refractivity contribution in [3.63, 3.8) is 0 Å². The van der Waals surface area contributed by atoms with Crippen LogP contribution in [0.5, 0.6) is 0 Å². The second-order valence-corrected chi connectivity index (χ2v) is 3.98. The fourth-order valence-electron chi connectivity index (χ4n) is 0.958. The number of ketones is 1. The van der Waals surface area contributed by atoms with Gasteiger partial charge < -0.3 is 0 Å². The number of hydrogen-bond donors (Lipinski definition) is 0. The summed E-state index contributed by atoms with van der Waals surface area (Å²) in [5, 5.41) is 1.99. The molecule has 0 saturated heterocycles. The first kappa shape index (κ1) is 9.20. The average Bonchev–Trinajstić information content (AvgIpc) is 2.37. The van der Waals surface area contributed by atoms with Gasteiger partial charge in [-0.05, 0) is 31.4 Å². The molecular weight excluding hydrogens is 168 g/mol. The minimum atomic E-state index is 0.192. The fourth-order valence-corrected chi connectivity index (χ4v) is 1.67. The van der Waals surface area contributed by atoms with Crippen molar-refractivity contribution in [3.05, 3.63) is 34.0 Å². The molecule has 1 aromatic rings. The lowest BCUT2D eigenvalue weighted by Gasteiger charge is -1.91. The molecule has 0 aliphatic carbocycles. The fraction of sp³-hybridized carbons (Fsp3) is 0.300. The number of hydrogen-bond acceptors (Lipinski definition) is 2. The van der Waals surface area contributed by atoms with E-state index in [4.69, 9.17) is 0 Å². The van der Waals surface area contributed by atoms with Crippen molar-refractivity contribution in [1.29, 1.82) is 0 Å². The van der Waals surface area contributed by atoms with Crippen molar-refractivity contribution in [1.82, 2.24) is 0 Å². The quantitative estimate of drug-likeness (QED) is 0.654. The molecule has 2 heteroatoms. The van der Waals surface area contributed by atoms with Gasteiger partial charge in [-0.15, -0.1) is 11.3 Å². The summed E-state index contributed by atoms with van der Waals surface area (Å²) >= 11 is 1.63. The molecule has 12 heavy (non-hydrogen) atoms. The van der Waals surface area contributed by atoms with Crippen molar-refractivity contribution in [2.45, 2.75) is 20.3 Å². The van der Waals surface area contributed by atoms with Crippen LogP contribution in [0.3, 0.4) is 0 Å². The molecule has 0 unspecified atom stereocenters. The Morgan fingerprint density at radius 1 is 1.58 bits per heavy atom. The third-order valence-electron chi connectivity index (χ3n) is 1.38. The molecule has 1 heterocycles. The van der Waals surface area contributed by atoms with E-state index in [1.54, 1.807) is 17.4 Å². The maximum absolute atomic E-state index is 11.3. The molecule has 0 N–H and O–H groups in total. The van der Waals surface area contributed by atoms with Gasteiger partial charge in [-0.3, -0.25) is 4.79 Å². The van der Waals surface area contributed by atoms with Gasteiger partial charge in [0.25, 0.3) is 0 Å². The van der Waals surface area contributed by atoms with Crippen LogP contribution in [0.2, 0.25) is 0 Å². The summed E-state index contributed by atoms with van der Waals surface area (Å²) in [4.78, 5) is 12.4. The van der Waals surface area contributed by atoms with Crippen LogP contribution < -0.4 is 0 Å². The Labute approximate surface area is 76.7 Å². The van der Waals surface area contributed by atoms with Crippen LogP contribution >= 0.6 is 11.3 Å². The Balaban J connectivity index is 2.54. The zero-order valence-electron chi connectivity index (χ0n) is 7.33. The molecule has 0 saturated carbocycles. The normalized spacial score (nSPS) is 9.50. The van der Waals surface area contributed by atoms with E-state index in [-0.39, 0.29) is 5.78 Å². The van der Waals surface area contributed by atoms with Gasteiger partial charge >= 0.3 is 0 Å². The van der Waals surface area contributed by atoms with Gasteiger partial charge in [-0.2, -0.15) is 0 Å². The molecule has 0 bridgehead atoms. The van der Waals surface area contributed by atoms with Gasteiger partial charge in [0.1, 0.15) is 0 Å².